The molecule has 78 valence electrons. The number of aliphatic hydroxyl groups is 1. The Morgan fingerprint density at radius 1 is 1.31 bits per heavy atom. The molecule has 1 N–H and O–H groups in total. The summed E-state index contributed by atoms with van der Waals surface area (Å²) in [7, 11) is 1.51. The van der Waals surface area contributed by atoms with E-state index < -0.39 is 0 Å². The van der Waals surface area contributed by atoms with Crippen LogP contribution in [0, 0.1) is 10.4 Å². The third-order valence-corrected chi connectivity index (χ3v) is 1.75. The Morgan fingerprint density at radius 3 is 2.46 bits per heavy atom. The summed E-state index contributed by atoms with van der Waals surface area (Å²) in [5, 5.41) is 32.2. The van der Waals surface area contributed by atoms with Crippen molar-refractivity contribution in [1.29, 1.82) is 0 Å². The Hall–Kier alpha value is -1.04. The second-order valence-electron chi connectivity index (χ2n) is 2.85. The number of hydrogen-bond donors (Lipinski definition) is 1. The number of unbranched alkanes of at least 4 members (excludes halogenated alkanes) is 3. The normalized spacial score (nSPS) is 11.7. The van der Waals surface area contributed by atoms with Crippen molar-refractivity contribution in [2.45, 2.75) is 25.7 Å². The van der Waals surface area contributed by atoms with Crippen LogP contribution in [0.4, 0.5) is 0 Å². The van der Waals surface area contributed by atoms with Crippen LogP contribution in [0.3, 0.4) is 0 Å². The van der Waals surface area contributed by atoms with E-state index in [-0.39, 0.29) is 11.6 Å². The summed E-state index contributed by atoms with van der Waals surface area (Å²) in [6.07, 6.45) is 3.50. The molecule has 0 aliphatic rings. The van der Waals surface area contributed by atoms with E-state index in [1.54, 1.807) is 0 Å². The zero-order valence-electron chi connectivity index (χ0n) is 7.85. The van der Waals surface area contributed by atoms with E-state index in [0.717, 1.165) is 25.7 Å². The minimum absolute atomic E-state index is 0.0338. The number of nitrogens with zero attached hydrogens (tertiary/aromatic N) is 3. The predicted octanol–water partition coefficient (Wildman–Crippen LogP) is 0.846. The highest BCUT2D eigenvalue weighted by molar-refractivity contribution is 4.44. The lowest BCUT2D eigenvalue weighted by molar-refractivity contribution is -0.684. The lowest BCUT2D eigenvalue weighted by Crippen LogP contribution is -2.26. The van der Waals surface area contributed by atoms with Crippen molar-refractivity contribution in [3.05, 3.63) is 10.4 Å². The first-order chi connectivity index (χ1) is 6.22. The molecule has 0 aliphatic heterocycles. The van der Waals surface area contributed by atoms with Gasteiger partial charge in [0.15, 0.2) is 0 Å². The third-order valence-electron chi connectivity index (χ3n) is 1.75. The van der Waals surface area contributed by atoms with Gasteiger partial charge in [0.05, 0.1) is 13.6 Å². The van der Waals surface area contributed by atoms with Crippen LogP contribution >= 0.6 is 0 Å². The summed E-state index contributed by atoms with van der Waals surface area (Å²) in [6, 6.07) is 0. The molecule has 6 nitrogen and oxygen atoms in total. The molecule has 0 bridgehead atoms. The minimum Gasteiger partial charge on any atom is -0.737 e. The monoisotopic (exact) mass is 190 g/mol. The molecule has 0 aromatic heterocycles. The fourth-order valence-corrected chi connectivity index (χ4v) is 0.954. The van der Waals surface area contributed by atoms with Gasteiger partial charge in [0.1, 0.15) is 0 Å². The summed E-state index contributed by atoms with van der Waals surface area (Å²) in [6.45, 7) is 0.722. The van der Waals surface area contributed by atoms with Crippen LogP contribution in [0.2, 0.25) is 0 Å². The van der Waals surface area contributed by atoms with E-state index in [4.69, 9.17) is 5.11 Å². The molecule has 0 radical (unpaired) electrons. The van der Waals surface area contributed by atoms with Crippen molar-refractivity contribution >= 4 is 0 Å². The molecule has 0 unspecified atom stereocenters. The summed E-state index contributed by atoms with van der Waals surface area (Å²) >= 11 is 0. The average molecular weight is 190 g/mol. The summed E-state index contributed by atoms with van der Waals surface area (Å²) in [5.41, 5.74) is 0. The molecule has 0 aliphatic carbocycles. The maximum absolute atomic E-state index is 10.6. The first kappa shape index (κ1) is 12.0. The van der Waals surface area contributed by atoms with Gasteiger partial charge in [-0.2, -0.15) is 5.01 Å². The van der Waals surface area contributed by atoms with Crippen LogP contribution in [0.1, 0.15) is 25.7 Å². The van der Waals surface area contributed by atoms with Crippen LogP contribution < -0.4 is 0 Å². The number of rotatable bonds is 7. The fraction of sp³-hybridized carbons (Fsp3) is 1.00. The smallest absolute Gasteiger partial charge is 0.0764 e. The van der Waals surface area contributed by atoms with E-state index in [9.17, 15) is 10.4 Å². The summed E-state index contributed by atoms with van der Waals surface area (Å²) in [5.74, 6) is 0. The zero-order valence-corrected chi connectivity index (χ0v) is 7.85. The van der Waals surface area contributed by atoms with Gasteiger partial charge in [-0.3, -0.25) is 0 Å². The van der Waals surface area contributed by atoms with Gasteiger partial charge in [-0.25, -0.2) is 0 Å². The Morgan fingerprint density at radius 2 is 1.92 bits per heavy atom. The average Bonchev–Trinajstić information content (AvgIpc) is 2.16. The van der Waals surface area contributed by atoms with E-state index in [1.807, 2.05) is 0 Å². The van der Waals surface area contributed by atoms with Crippen LogP contribution in [-0.2, 0) is 0 Å². The predicted molar refractivity (Wildman–Crippen MR) is 47.6 cm³/mol. The van der Waals surface area contributed by atoms with Crippen LogP contribution in [-0.4, -0.2) is 35.3 Å². The molecule has 0 amide bonds. The molecular formula is C7H16N3O3-. The largest absolute Gasteiger partial charge is 0.737 e. The van der Waals surface area contributed by atoms with Crippen molar-refractivity contribution in [1.82, 2.24) is 5.01 Å². The number of hydrogen-bond acceptors (Lipinski definition) is 4. The van der Waals surface area contributed by atoms with Gasteiger partial charge in [0.25, 0.3) is 0 Å². The van der Waals surface area contributed by atoms with Crippen LogP contribution in [0.25, 0.3) is 0 Å². The van der Waals surface area contributed by atoms with Gasteiger partial charge in [0.2, 0.25) is 0 Å². The molecule has 0 spiro atoms. The van der Waals surface area contributed by atoms with Gasteiger partial charge in [-0.15, -0.1) is 0 Å². The Balaban J connectivity index is 3.32. The van der Waals surface area contributed by atoms with Crippen molar-refractivity contribution in [2.24, 2.45) is 5.28 Å². The molecule has 0 saturated heterocycles. The maximum atomic E-state index is 10.6. The molecule has 0 fully saturated rings. The number of aliphatic hydroxyl groups excluding tert-OH is 1. The second-order valence-corrected chi connectivity index (χ2v) is 2.85. The standard InChI is InChI=1S/C7H17N3O3/c1-9(10(13)8-12)6-4-2-3-5-7-11/h11-12H,2-7H2,1H3/p-1/b10-8-. The molecule has 0 saturated carbocycles. The summed E-state index contributed by atoms with van der Waals surface area (Å²) < 4.78 is 0. The lowest BCUT2D eigenvalue weighted by Gasteiger charge is -2.13. The molecule has 0 heterocycles. The highest BCUT2D eigenvalue weighted by Gasteiger charge is 2.02. The van der Waals surface area contributed by atoms with E-state index in [0.29, 0.717) is 6.54 Å². The van der Waals surface area contributed by atoms with Gasteiger partial charge >= 0.3 is 0 Å². The molecule has 13 heavy (non-hydrogen) atoms. The van der Waals surface area contributed by atoms with Gasteiger partial charge in [-0.05, 0) is 18.1 Å². The van der Waals surface area contributed by atoms with E-state index in [1.165, 1.54) is 12.1 Å². The third kappa shape index (κ3) is 6.15. The quantitative estimate of drug-likeness (QED) is 0.279. The molecule has 6 heteroatoms. The van der Waals surface area contributed by atoms with Gasteiger partial charge in [0, 0.05) is 11.6 Å². The van der Waals surface area contributed by atoms with Crippen molar-refractivity contribution < 1.29 is 10.1 Å². The Kier molecular flexibility index (Phi) is 6.99. The second kappa shape index (κ2) is 7.60. The van der Waals surface area contributed by atoms with E-state index >= 15 is 0 Å². The first-order valence-electron chi connectivity index (χ1n) is 4.34. The molecule has 0 atom stereocenters. The molecular weight excluding hydrogens is 174 g/mol. The van der Waals surface area contributed by atoms with Gasteiger partial charge in [-0.1, -0.05) is 12.8 Å². The van der Waals surface area contributed by atoms with E-state index in [2.05, 4.69) is 5.28 Å². The highest BCUT2D eigenvalue weighted by atomic mass is 16.6. The molecule has 0 aromatic carbocycles. The highest BCUT2D eigenvalue weighted by Crippen LogP contribution is 2.00. The van der Waals surface area contributed by atoms with Crippen LogP contribution in [0.5, 0.6) is 0 Å². The number of hydrazine groups is 1. The fourth-order valence-electron chi connectivity index (χ4n) is 0.954. The first-order valence-corrected chi connectivity index (χ1v) is 4.34. The Labute approximate surface area is 77.6 Å². The Bertz CT molecular complexity index is 152. The zero-order chi connectivity index (χ0) is 10.1. The molecule has 0 aromatic rings. The van der Waals surface area contributed by atoms with Crippen molar-refractivity contribution in [3.8, 4) is 0 Å². The maximum Gasteiger partial charge on any atom is 0.0764 e. The lowest BCUT2D eigenvalue weighted by atomic mass is 10.2. The van der Waals surface area contributed by atoms with Crippen molar-refractivity contribution in [2.75, 3.05) is 20.2 Å². The topological polar surface area (TPSA) is 85.0 Å². The molecule has 0 rings (SSSR count). The summed E-state index contributed by atoms with van der Waals surface area (Å²) in [4.78, 5) is 0.0338. The van der Waals surface area contributed by atoms with Gasteiger partial charge < -0.3 is 15.5 Å². The van der Waals surface area contributed by atoms with Crippen LogP contribution in [0.15, 0.2) is 5.28 Å². The SMILES string of the molecule is CN(CCCCCCO)/[N+]([O-])=N/[O-]. The van der Waals surface area contributed by atoms with Crippen molar-refractivity contribution in [3.63, 3.8) is 0 Å². The minimum atomic E-state index is 0.0338.